The Labute approximate surface area is 117 Å². The van der Waals surface area contributed by atoms with E-state index in [1.54, 1.807) is 30.0 Å². The summed E-state index contributed by atoms with van der Waals surface area (Å²) in [5.74, 6) is 0.923. The van der Waals surface area contributed by atoms with Gasteiger partial charge in [0.05, 0.1) is 18.5 Å². The van der Waals surface area contributed by atoms with Gasteiger partial charge in [-0.3, -0.25) is 4.57 Å². The molecule has 6 nitrogen and oxygen atoms in total. The molecular weight excluding hydrogens is 256 g/mol. The molecule has 2 heterocycles. The van der Waals surface area contributed by atoms with E-state index < -0.39 is 5.97 Å². The molecule has 0 atom stereocenters. The number of carbonyl (C=O) groups excluding carboxylic acids is 1. The predicted octanol–water partition coefficient (Wildman–Crippen LogP) is 1.98. The minimum atomic E-state index is -0.432. The molecule has 0 radical (unpaired) electrons. The minimum absolute atomic E-state index is 0.304. The number of nitrogen functional groups attached to an aromatic ring is 1. The summed E-state index contributed by atoms with van der Waals surface area (Å²) >= 11 is 0. The lowest BCUT2D eigenvalue weighted by molar-refractivity contribution is 0.0526. The number of nitrogens with zero attached hydrogens (tertiary/aromatic N) is 3. The van der Waals surface area contributed by atoms with Gasteiger partial charge >= 0.3 is 5.97 Å². The summed E-state index contributed by atoms with van der Waals surface area (Å²) in [4.78, 5) is 20.6. The summed E-state index contributed by atoms with van der Waals surface area (Å²) in [6.07, 6.45) is 6.76. The highest BCUT2D eigenvalue weighted by Gasteiger charge is 2.17. The van der Waals surface area contributed by atoms with Crippen molar-refractivity contribution >= 4 is 11.7 Å². The van der Waals surface area contributed by atoms with Gasteiger partial charge in [-0.15, -0.1) is 0 Å². The summed E-state index contributed by atoms with van der Waals surface area (Å²) in [6, 6.07) is 1.58. The van der Waals surface area contributed by atoms with E-state index in [2.05, 4.69) is 16.9 Å². The van der Waals surface area contributed by atoms with Gasteiger partial charge in [-0.25, -0.2) is 14.8 Å². The van der Waals surface area contributed by atoms with Gasteiger partial charge in [-0.2, -0.15) is 0 Å². The molecule has 6 heteroatoms. The van der Waals surface area contributed by atoms with Gasteiger partial charge < -0.3 is 10.5 Å². The van der Waals surface area contributed by atoms with Crippen LogP contribution in [0.15, 0.2) is 24.7 Å². The van der Waals surface area contributed by atoms with Crippen LogP contribution in [-0.2, 0) is 11.2 Å². The summed E-state index contributed by atoms with van der Waals surface area (Å²) < 4.78 is 6.85. The summed E-state index contributed by atoms with van der Waals surface area (Å²) in [5.41, 5.74) is 6.49. The monoisotopic (exact) mass is 274 g/mol. The quantitative estimate of drug-likeness (QED) is 0.843. The first-order valence-electron chi connectivity index (χ1n) is 6.62. The second kappa shape index (κ2) is 6.18. The zero-order chi connectivity index (χ0) is 14.5. The number of nitrogens with two attached hydrogens (primary N) is 1. The fourth-order valence-corrected chi connectivity index (χ4v) is 1.96. The molecule has 0 spiro atoms. The van der Waals surface area contributed by atoms with Crippen LogP contribution in [0, 0.1) is 0 Å². The lowest BCUT2D eigenvalue weighted by Gasteiger charge is -2.11. The second-order valence-corrected chi connectivity index (χ2v) is 4.32. The Kier molecular flexibility index (Phi) is 4.34. The first kappa shape index (κ1) is 14.0. The highest BCUT2D eigenvalue weighted by atomic mass is 16.5. The molecule has 0 bridgehead atoms. The second-order valence-electron chi connectivity index (χ2n) is 4.32. The number of esters is 1. The Balaban J connectivity index is 2.50. The molecule has 2 N–H and O–H groups in total. The van der Waals surface area contributed by atoms with Crippen LogP contribution in [0.3, 0.4) is 0 Å². The standard InChI is InChI=1S/C14H18N4O2/c1-3-5-12-16-6-7-18(12)13-11(14(19)20-4-2)8-10(15)9-17-13/h6-9H,3-5,15H2,1-2H3. The molecule has 20 heavy (non-hydrogen) atoms. The van der Waals surface area contributed by atoms with Crippen molar-refractivity contribution in [2.75, 3.05) is 12.3 Å². The largest absolute Gasteiger partial charge is 0.462 e. The van der Waals surface area contributed by atoms with Crippen LogP contribution in [0.4, 0.5) is 5.69 Å². The third-order valence-corrected chi connectivity index (χ3v) is 2.80. The lowest BCUT2D eigenvalue weighted by atomic mass is 10.2. The summed E-state index contributed by atoms with van der Waals surface area (Å²) in [5, 5.41) is 0. The van der Waals surface area contributed by atoms with E-state index in [1.165, 1.54) is 6.20 Å². The van der Waals surface area contributed by atoms with Gasteiger partial charge in [0.1, 0.15) is 11.4 Å². The Morgan fingerprint density at radius 1 is 1.40 bits per heavy atom. The number of hydrogen-bond acceptors (Lipinski definition) is 5. The number of hydrogen-bond donors (Lipinski definition) is 1. The SMILES string of the molecule is CCCc1nccn1-c1ncc(N)cc1C(=O)OCC. The van der Waals surface area contributed by atoms with E-state index in [0.29, 0.717) is 23.7 Å². The summed E-state index contributed by atoms with van der Waals surface area (Å²) in [6.45, 7) is 4.14. The molecule has 2 aromatic heterocycles. The van der Waals surface area contributed by atoms with E-state index >= 15 is 0 Å². The van der Waals surface area contributed by atoms with Crippen molar-refractivity contribution in [3.05, 3.63) is 36.0 Å². The summed E-state index contributed by atoms with van der Waals surface area (Å²) in [7, 11) is 0. The third-order valence-electron chi connectivity index (χ3n) is 2.80. The van der Waals surface area contributed by atoms with E-state index in [9.17, 15) is 4.79 Å². The van der Waals surface area contributed by atoms with Crippen LogP contribution >= 0.6 is 0 Å². The molecule has 0 saturated carbocycles. The molecule has 0 aliphatic rings. The minimum Gasteiger partial charge on any atom is -0.462 e. The van der Waals surface area contributed by atoms with Crippen LogP contribution in [0.2, 0.25) is 0 Å². The number of aromatic nitrogens is 3. The maximum atomic E-state index is 12.0. The van der Waals surface area contributed by atoms with Crippen LogP contribution in [0.5, 0.6) is 0 Å². The number of pyridine rings is 1. The van der Waals surface area contributed by atoms with E-state index in [4.69, 9.17) is 10.5 Å². The fourth-order valence-electron chi connectivity index (χ4n) is 1.96. The average molecular weight is 274 g/mol. The van der Waals surface area contributed by atoms with Gasteiger partial charge in [-0.05, 0) is 19.4 Å². The van der Waals surface area contributed by atoms with Crippen molar-refractivity contribution in [1.29, 1.82) is 0 Å². The predicted molar refractivity (Wildman–Crippen MR) is 75.7 cm³/mol. The number of carbonyl (C=O) groups is 1. The van der Waals surface area contributed by atoms with Crippen molar-refractivity contribution in [2.45, 2.75) is 26.7 Å². The lowest BCUT2D eigenvalue weighted by Crippen LogP contribution is -2.13. The van der Waals surface area contributed by atoms with Gasteiger partial charge in [0, 0.05) is 18.8 Å². The topological polar surface area (TPSA) is 83.0 Å². The first-order valence-corrected chi connectivity index (χ1v) is 6.62. The van der Waals surface area contributed by atoms with Crippen molar-refractivity contribution in [3.63, 3.8) is 0 Å². The first-order chi connectivity index (χ1) is 9.67. The van der Waals surface area contributed by atoms with Crippen LogP contribution in [0.25, 0.3) is 5.82 Å². The van der Waals surface area contributed by atoms with Crippen LogP contribution in [-0.4, -0.2) is 27.1 Å². The van der Waals surface area contributed by atoms with Crippen LogP contribution < -0.4 is 5.73 Å². The molecule has 0 amide bonds. The van der Waals surface area contributed by atoms with Gasteiger partial charge in [-0.1, -0.05) is 6.92 Å². The maximum Gasteiger partial charge on any atom is 0.342 e. The van der Waals surface area contributed by atoms with Crippen molar-refractivity contribution in [2.24, 2.45) is 0 Å². The number of ether oxygens (including phenoxy) is 1. The Bertz CT molecular complexity index is 607. The van der Waals surface area contributed by atoms with Crippen LogP contribution in [0.1, 0.15) is 36.5 Å². The Morgan fingerprint density at radius 3 is 2.90 bits per heavy atom. The van der Waals surface area contributed by atoms with E-state index in [0.717, 1.165) is 18.7 Å². The molecule has 0 fully saturated rings. The molecule has 2 aromatic rings. The zero-order valence-corrected chi connectivity index (χ0v) is 11.7. The van der Waals surface area contributed by atoms with E-state index in [-0.39, 0.29) is 0 Å². The van der Waals surface area contributed by atoms with E-state index in [1.807, 2.05) is 0 Å². The molecule has 106 valence electrons. The molecule has 2 rings (SSSR count). The molecule has 0 aromatic carbocycles. The van der Waals surface area contributed by atoms with Crippen molar-refractivity contribution in [3.8, 4) is 5.82 Å². The average Bonchev–Trinajstić information content (AvgIpc) is 2.87. The number of imidazole rings is 1. The maximum absolute atomic E-state index is 12.0. The highest BCUT2D eigenvalue weighted by Crippen LogP contribution is 2.18. The van der Waals surface area contributed by atoms with Crippen molar-refractivity contribution < 1.29 is 9.53 Å². The number of rotatable bonds is 5. The molecule has 0 aliphatic carbocycles. The number of aryl methyl sites for hydroxylation is 1. The normalized spacial score (nSPS) is 10.5. The van der Waals surface area contributed by atoms with Crippen molar-refractivity contribution in [1.82, 2.24) is 14.5 Å². The van der Waals surface area contributed by atoms with Gasteiger partial charge in [0.25, 0.3) is 0 Å². The molecule has 0 aliphatic heterocycles. The highest BCUT2D eigenvalue weighted by molar-refractivity contribution is 5.93. The zero-order valence-electron chi connectivity index (χ0n) is 11.7. The van der Waals surface area contributed by atoms with Gasteiger partial charge in [0.2, 0.25) is 0 Å². The molecule has 0 unspecified atom stereocenters. The fraction of sp³-hybridized carbons (Fsp3) is 0.357. The molecular formula is C14H18N4O2. The Hall–Kier alpha value is -2.37. The third kappa shape index (κ3) is 2.79. The Morgan fingerprint density at radius 2 is 2.20 bits per heavy atom. The smallest absolute Gasteiger partial charge is 0.342 e. The number of anilines is 1. The molecule has 0 saturated heterocycles. The van der Waals surface area contributed by atoms with Gasteiger partial charge in [0.15, 0.2) is 5.82 Å².